The fourth-order valence-corrected chi connectivity index (χ4v) is 4.11. The summed E-state index contributed by atoms with van der Waals surface area (Å²) in [6, 6.07) is 3.34. The summed E-state index contributed by atoms with van der Waals surface area (Å²) < 4.78 is 27.2. The molecule has 0 aliphatic carbocycles. The lowest BCUT2D eigenvalue weighted by atomic mass is 10.1. The molecule has 0 aliphatic rings. The molecule has 0 amide bonds. The molecular weight excluding hydrogens is 268 g/mol. The minimum absolute atomic E-state index is 0.0409. The van der Waals surface area contributed by atoms with Gasteiger partial charge in [0.1, 0.15) is 4.21 Å². The Morgan fingerprint density at radius 1 is 1.28 bits per heavy atom. The standard InChI is InChI=1S/C12H22N2O2S2/c1-9(2)4-5-10(3)14-18(15,16)12-7-6-11(8-13)17-12/h6-7,9-10,14H,4-5,8,13H2,1-3H3. The van der Waals surface area contributed by atoms with E-state index in [0.717, 1.165) is 17.7 Å². The second-order valence-electron chi connectivity index (χ2n) is 4.92. The molecule has 1 atom stereocenters. The lowest BCUT2D eigenvalue weighted by molar-refractivity contribution is 0.486. The third-order valence-electron chi connectivity index (χ3n) is 2.64. The Morgan fingerprint density at radius 3 is 2.44 bits per heavy atom. The van der Waals surface area contributed by atoms with E-state index < -0.39 is 10.0 Å². The molecule has 0 bridgehead atoms. The largest absolute Gasteiger partial charge is 0.326 e. The lowest BCUT2D eigenvalue weighted by Gasteiger charge is -2.14. The predicted molar refractivity (Wildman–Crippen MR) is 76.1 cm³/mol. The summed E-state index contributed by atoms with van der Waals surface area (Å²) in [5, 5.41) is 0. The van der Waals surface area contributed by atoms with Gasteiger partial charge >= 0.3 is 0 Å². The molecule has 0 aromatic carbocycles. The Balaban J connectivity index is 2.64. The maximum Gasteiger partial charge on any atom is 0.250 e. The molecule has 1 heterocycles. The maximum absolute atomic E-state index is 12.1. The van der Waals surface area contributed by atoms with Crippen molar-refractivity contribution in [2.45, 2.75) is 50.4 Å². The van der Waals surface area contributed by atoms with Gasteiger partial charge < -0.3 is 5.73 Å². The number of hydrogen-bond acceptors (Lipinski definition) is 4. The first-order chi connectivity index (χ1) is 8.35. The normalized spacial score (nSPS) is 14.1. The molecule has 0 saturated heterocycles. The summed E-state index contributed by atoms with van der Waals surface area (Å²) in [7, 11) is -3.38. The number of thiophene rings is 1. The highest BCUT2D eigenvalue weighted by Crippen LogP contribution is 2.21. The molecule has 0 fully saturated rings. The zero-order valence-electron chi connectivity index (χ0n) is 11.1. The van der Waals surface area contributed by atoms with Crippen LogP contribution in [-0.4, -0.2) is 14.5 Å². The van der Waals surface area contributed by atoms with Crippen molar-refractivity contribution in [1.82, 2.24) is 4.72 Å². The molecule has 1 aromatic rings. The second kappa shape index (κ2) is 6.65. The number of nitrogens with one attached hydrogen (secondary N) is 1. The quantitative estimate of drug-likeness (QED) is 0.809. The van der Waals surface area contributed by atoms with E-state index in [1.165, 1.54) is 11.3 Å². The number of nitrogens with two attached hydrogens (primary N) is 1. The third kappa shape index (κ3) is 4.68. The second-order valence-corrected chi connectivity index (χ2v) is 8.03. The van der Waals surface area contributed by atoms with Crippen molar-refractivity contribution >= 4 is 21.4 Å². The van der Waals surface area contributed by atoms with E-state index in [1.807, 2.05) is 6.92 Å². The van der Waals surface area contributed by atoms with Crippen LogP contribution in [0.4, 0.5) is 0 Å². The van der Waals surface area contributed by atoms with Crippen LogP contribution in [0.5, 0.6) is 0 Å². The molecule has 0 radical (unpaired) electrons. The summed E-state index contributed by atoms with van der Waals surface area (Å²) in [5.41, 5.74) is 5.48. The molecule has 1 rings (SSSR count). The molecule has 18 heavy (non-hydrogen) atoms. The van der Waals surface area contributed by atoms with Crippen molar-refractivity contribution in [3.8, 4) is 0 Å². The highest BCUT2D eigenvalue weighted by molar-refractivity contribution is 7.91. The van der Waals surface area contributed by atoms with E-state index in [2.05, 4.69) is 18.6 Å². The van der Waals surface area contributed by atoms with Crippen molar-refractivity contribution in [1.29, 1.82) is 0 Å². The van der Waals surface area contributed by atoms with Crippen molar-refractivity contribution in [3.05, 3.63) is 17.0 Å². The van der Waals surface area contributed by atoms with Crippen molar-refractivity contribution in [2.24, 2.45) is 11.7 Å². The monoisotopic (exact) mass is 290 g/mol. The Morgan fingerprint density at radius 2 is 1.94 bits per heavy atom. The van der Waals surface area contributed by atoms with Gasteiger partial charge in [-0.15, -0.1) is 11.3 Å². The predicted octanol–water partition coefficient (Wildman–Crippen LogP) is 2.31. The van der Waals surface area contributed by atoms with Gasteiger partial charge in [-0.05, 0) is 37.8 Å². The maximum atomic E-state index is 12.1. The van der Waals surface area contributed by atoms with E-state index in [4.69, 9.17) is 5.73 Å². The zero-order valence-corrected chi connectivity index (χ0v) is 12.8. The average molecular weight is 290 g/mol. The van der Waals surface area contributed by atoms with E-state index >= 15 is 0 Å². The summed E-state index contributed by atoms with van der Waals surface area (Å²) in [6.07, 6.45) is 1.87. The first-order valence-electron chi connectivity index (χ1n) is 6.16. The van der Waals surface area contributed by atoms with Gasteiger partial charge in [-0.3, -0.25) is 0 Å². The third-order valence-corrected chi connectivity index (χ3v) is 5.83. The zero-order chi connectivity index (χ0) is 13.8. The SMILES string of the molecule is CC(C)CCC(C)NS(=O)(=O)c1ccc(CN)s1. The van der Waals surface area contributed by atoms with E-state index in [9.17, 15) is 8.42 Å². The molecule has 1 aromatic heterocycles. The highest BCUT2D eigenvalue weighted by Gasteiger charge is 2.19. The number of sulfonamides is 1. The summed E-state index contributed by atoms with van der Waals surface area (Å²) in [6.45, 7) is 6.54. The van der Waals surface area contributed by atoms with Crippen molar-refractivity contribution in [2.75, 3.05) is 0 Å². The highest BCUT2D eigenvalue weighted by atomic mass is 32.2. The molecule has 1 unspecified atom stereocenters. The molecule has 6 heteroatoms. The summed E-state index contributed by atoms with van der Waals surface area (Å²) >= 11 is 1.23. The fraction of sp³-hybridized carbons (Fsp3) is 0.667. The Hall–Kier alpha value is -0.430. The molecular formula is C12H22N2O2S2. The Bertz CT molecular complexity index is 466. The van der Waals surface area contributed by atoms with Crippen LogP contribution >= 0.6 is 11.3 Å². The van der Waals surface area contributed by atoms with Gasteiger partial charge in [0.05, 0.1) is 0 Å². The molecule has 0 aliphatic heterocycles. The number of rotatable bonds is 7. The Kier molecular flexibility index (Phi) is 5.78. The van der Waals surface area contributed by atoms with Crippen LogP contribution in [-0.2, 0) is 16.6 Å². The summed E-state index contributed by atoms with van der Waals surface area (Å²) in [5.74, 6) is 0.586. The lowest BCUT2D eigenvalue weighted by Crippen LogP contribution is -2.32. The van der Waals surface area contributed by atoms with Gasteiger partial charge in [-0.1, -0.05) is 13.8 Å². The topological polar surface area (TPSA) is 72.2 Å². The van der Waals surface area contributed by atoms with Gasteiger partial charge in [-0.2, -0.15) is 0 Å². The smallest absolute Gasteiger partial charge is 0.250 e. The summed E-state index contributed by atoms with van der Waals surface area (Å²) in [4.78, 5) is 0.880. The van der Waals surface area contributed by atoms with Crippen LogP contribution in [0, 0.1) is 5.92 Å². The van der Waals surface area contributed by atoms with Crippen molar-refractivity contribution in [3.63, 3.8) is 0 Å². The minimum Gasteiger partial charge on any atom is -0.326 e. The molecule has 104 valence electrons. The first-order valence-corrected chi connectivity index (χ1v) is 8.46. The molecule has 0 saturated carbocycles. The van der Waals surface area contributed by atoms with Gasteiger partial charge in [-0.25, -0.2) is 13.1 Å². The van der Waals surface area contributed by atoms with Gasteiger partial charge in [0.25, 0.3) is 0 Å². The van der Waals surface area contributed by atoms with E-state index in [1.54, 1.807) is 12.1 Å². The van der Waals surface area contributed by atoms with Gasteiger partial charge in [0, 0.05) is 17.5 Å². The Labute approximate surface area is 114 Å². The average Bonchev–Trinajstić information content (AvgIpc) is 2.75. The van der Waals surface area contributed by atoms with Crippen LogP contribution in [0.1, 0.15) is 38.5 Å². The van der Waals surface area contributed by atoms with E-state index in [-0.39, 0.29) is 6.04 Å². The van der Waals surface area contributed by atoms with E-state index in [0.29, 0.717) is 16.7 Å². The number of hydrogen-bond donors (Lipinski definition) is 2. The van der Waals surface area contributed by atoms with Crippen molar-refractivity contribution < 1.29 is 8.42 Å². The molecule has 4 nitrogen and oxygen atoms in total. The minimum atomic E-state index is -3.38. The van der Waals surface area contributed by atoms with Gasteiger partial charge in [0.2, 0.25) is 10.0 Å². The van der Waals surface area contributed by atoms with Crippen LogP contribution in [0.25, 0.3) is 0 Å². The molecule has 3 N–H and O–H groups in total. The van der Waals surface area contributed by atoms with Crippen LogP contribution in [0.3, 0.4) is 0 Å². The first kappa shape index (κ1) is 15.6. The fourth-order valence-electron chi connectivity index (χ4n) is 1.58. The molecule has 0 spiro atoms. The van der Waals surface area contributed by atoms with Crippen LogP contribution < -0.4 is 10.5 Å². The van der Waals surface area contributed by atoms with Crippen LogP contribution in [0.2, 0.25) is 0 Å². The van der Waals surface area contributed by atoms with Gasteiger partial charge in [0.15, 0.2) is 0 Å². The van der Waals surface area contributed by atoms with Crippen LogP contribution in [0.15, 0.2) is 16.3 Å².